The standard InChI is InChI=1S/C20H21NO7.C20H19NO6.2C12H17NO4.C8H5ClO3.C6H15N.CH4O.B.Cl3OP.Cl2OS.2ClH.Na.H/c1-24-15-6-4-12(9-17(15)25-2)8-14(20(23)26-3)21-19(22)13-5-7-16-18(10-13)28-11-27-16;1-23-16-8-12-6-14(20(22)25-3)21-19(13(12)9-17(16)24-2)11-4-5-15-18(7-11)27-10-26-15;2*1-15-10-5-4-8(7-11(10)16-2)6-9(13)12(14)17-3;9-8(10)5-1-2-6-7(3-5)12-4-11-6;1-4-7(5-2)6-3;1-2;;1-5(2,3)4;1-4(2)3;;;;/h4-7,9-10,14H,8,11H2,1-3H3,(H,21,22);4-5,7-9,14H,6,10H2,1-3H3;2*4-5,7,9H,6,13H2,1-3H3;1-3H,4H2;4-6H2,1-3H3;2H,1H3;;;;2*1H;;/q;;;;;;;;;;;;+1;-1/t2*14-;2*9-;;;;;;;;;;/m0000........../s1. The molecule has 3 radical (unpaired) electrons. The zero-order chi connectivity index (χ0) is 89.1. The topological polar surface area (TPSA) is 403 Å². The number of nitrogens with one attached hydrogen (secondary N) is 1. The Labute approximate surface area is 783 Å². The molecule has 4 atom stereocenters. The molecule has 1 amide bonds. The molecule has 0 aliphatic carbocycles. The fraction of sp³-hybridized carbons (Fsp3) is 0.380. The molecule has 4 aliphatic rings. The minimum Gasteiger partial charge on any atom is -1.00 e. The predicted octanol–water partition coefficient (Wildman–Crippen LogP) is 9.99. The Morgan fingerprint density at radius 1 is 0.504 bits per heavy atom. The van der Waals surface area contributed by atoms with E-state index in [0.717, 1.165) is 40.5 Å². The third kappa shape index (κ3) is 39.6. The van der Waals surface area contributed by atoms with Gasteiger partial charge in [0, 0.05) is 72.0 Å². The summed E-state index contributed by atoms with van der Waals surface area (Å²) in [5.74, 6) is 6.22. The molecule has 0 aromatic heterocycles. The number of ether oxygens (including phenoxy) is 18. The van der Waals surface area contributed by atoms with Crippen LogP contribution in [0.1, 0.15) is 76.3 Å². The quantitative estimate of drug-likeness (QED) is 0.0136. The molecular formula is C79H101BCl8N5NaO27PS. The third-order valence-corrected chi connectivity index (χ3v) is 17.0. The van der Waals surface area contributed by atoms with E-state index in [2.05, 4.69) is 101 Å². The average Bonchev–Trinajstić information content (AvgIpc) is 1.17. The first kappa shape index (κ1) is 117. The second-order valence-corrected chi connectivity index (χ2v) is 33.3. The molecule has 6 N–H and O–H groups in total. The molecule has 4 heterocycles. The molecule has 0 fully saturated rings. The Bertz CT molecular complexity index is 4490. The van der Waals surface area contributed by atoms with E-state index in [-0.39, 0.29) is 97.0 Å². The fourth-order valence-electron chi connectivity index (χ4n) is 10.9. The third-order valence-electron chi connectivity index (χ3n) is 16.8. The number of hydrogen-bond donors (Lipinski definition) is 4. The van der Waals surface area contributed by atoms with Gasteiger partial charge in [-0.15, -0.1) is 24.8 Å². The first-order valence-electron chi connectivity index (χ1n) is 35.4. The van der Waals surface area contributed by atoms with E-state index in [1.165, 1.54) is 55.2 Å². The number of aliphatic hydroxyl groups excluding tert-OH is 1. The van der Waals surface area contributed by atoms with E-state index in [1.54, 1.807) is 129 Å². The van der Waals surface area contributed by atoms with E-state index in [4.69, 9.17) is 108 Å². The van der Waals surface area contributed by atoms with Crippen molar-refractivity contribution in [3.8, 4) is 80.5 Å². The van der Waals surface area contributed by atoms with E-state index < -0.39 is 67.7 Å². The van der Waals surface area contributed by atoms with Crippen LogP contribution in [0.2, 0.25) is 0 Å². The van der Waals surface area contributed by atoms with Crippen molar-refractivity contribution in [3.05, 3.63) is 166 Å². The molecule has 32 nitrogen and oxygen atoms in total. The van der Waals surface area contributed by atoms with Crippen LogP contribution in [0.5, 0.6) is 80.5 Å². The molecule has 4 aliphatic heterocycles. The number of aliphatic imine (C=N–C) groups is 1. The molecule has 11 rings (SSSR count). The van der Waals surface area contributed by atoms with Crippen LogP contribution in [0.15, 0.2) is 126 Å². The van der Waals surface area contributed by atoms with Gasteiger partial charge in [-0.2, -0.15) is 0 Å². The average molecular weight is 1930 g/mol. The zero-order valence-electron chi connectivity index (χ0n) is 71.6. The number of nitrogens with two attached hydrogens (primary N) is 2. The molecule has 7 aromatic carbocycles. The SMILES string of the molecule is CCN(CC)CC.CO.COC(=O)[C@@H](N)Cc1ccc(OC)c(OC)c1.COC(=O)[C@@H](N)Cc1ccc(OC)c(OC)c1.COC(=O)[C@@H]1Cc2cc(OC)c(OC)cc2C(c2ccc3c(c2)OCO3)=N1.COC(=O)[C@H](Cc1ccc(OC)c(OC)c1)NC(=O)c1ccc2c(c1)OCO2.Cl.Cl.O=C(Cl)c1ccc2c(c1)OCO2.O=P(Cl)(Cl)Cl.O=S(Cl)Cl.[B].[H-].[Na+]. The first-order chi connectivity index (χ1) is 56.8. The Hall–Kier alpha value is -7.97. The molecule has 44 heteroatoms. The van der Waals surface area contributed by atoms with Crippen LogP contribution >= 0.6 is 96.7 Å². The molecule has 0 saturated carbocycles. The van der Waals surface area contributed by atoms with Crippen molar-refractivity contribution < 1.29 is 159 Å². The van der Waals surface area contributed by atoms with Gasteiger partial charge >= 0.3 is 58.6 Å². The first-order valence-corrected chi connectivity index (χ1v) is 43.0. The number of esters is 4. The summed E-state index contributed by atoms with van der Waals surface area (Å²) in [7, 11) is 26.1. The molecule has 123 heavy (non-hydrogen) atoms. The number of amides is 1. The maximum Gasteiger partial charge on any atom is 1.00 e. The van der Waals surface area contributed by atoms with Gasteiger partial charge in [0.2, 0.25) is 29.6 Å². The van der Waals surface area contributed by atoms with Crippen LogP contribution < -0.4 is 113 Å². The number of carbonyl (C=O) groups is 6. The largest absolute Gasteiger partial charge is 1.00 e. The van der Waals surface area contributed by atoms with E-state index in [9.17, 15) is 33.3 Å². The zero-order valence-corrected chi connectivity index (χ0v) is 80.4. The number of fused-ring (bicyclic) bond motifs is 4. The van der Waals surface area contributed by atoms with Crippen molar-refractivity contribution in [2.24, 2.45) is 16.5 Å². The Morgan fingerprint density at radius 3 is 1.19 bits per heavy atom. The van der Waals surface area contributed by atoms with Gasteiger partial charge in [-0.1, -0.05) is 39.0 Å². The molecule has 0 spiro atoms. The van der Waals surface area contributed by atoms with Crippen LogP contribution in [0.25, 0.3) is 0 Å². The van der Waals surface area contributed by atoms with Crippen molar-refractivity contribution in [2.75, 3.05) is 132 Å². The molecular weight excluding hydrogens is 1830 g/mol. The summed E-state index contributed by atoms with van der Waals surface area (Å²) in [4.78, 5) is 77.2. The Balaban J connectivity index is -0.00000142. The summed E-state index contributed by atoms with van der Waals surface area (Å²) in [6.07, 6.45) is 1.44. The van der Waals surface area contributed by atoms with Crippen molar-refractivity contribution in [2.45, 2.75) is 70.6 Å². The molecule has 0 bridgehead atoms. The van der Waals surface area contributed by atoms with Crippen LogP contribution in [-0.4, -0.2) is 220 Å². The molecule has 675 valence electrons. The summed E-state index contributed by atoms with van der Waals surface area (Å²) in [5, 5.41) is 5.99. The number of rotatable bonds is 25. The molecule has 0 unspecified atom stereocenters. The van der Waals surface area contributed by atoms with Gasteiger partial charge in [0.05, 0.1) is 91.0 Å². The van der Waals surface area contributed by atoms with Crippen LogP contribution in [0.3, 0.4) is 0 Å². The summed E-state index contributed by atoms with van der Waals surface area (Å²) >= 11 is 19.1. The second-order valence-electron chi connectivity index (χ2n) is 23.8. The maximum absolute atomic E-state index is 12.6. The molecule has 0 saturated heterocycles. The number of carbonyl (C=O) groups excluding carboxylic acids is 6. The van der Waals surface area contributed by atoms with Crippen molar-refractivity contribution in [1.29, 1.82) is 0 Å². The summed E-state index contributed by atoms with van der Waals surface area (Å²) in [5.41, 5.74) is 18.0. The fourth-order valence-corrected chi connectivity index (χ4v) is 11.0. The number of aliphatic hydroxyl groups is 1. The minimum atomic E-state index is -3.22. The number of methoxy groups -OCH3 is 12. The van der Waals surface area contributed by atoms with Crippen LogP contribution in [0, 0.1) is 0 Å². The van der Waals surface area contributed by atoms with Crippen molar-refractivity contribution >= 4 is 155 Å². The summed E-state index contributed by atoms with van der Waals surface area (Å²) in [6, 6.07) is 32.3. The number of hydrogen-bond acceptors (Lipinski definition) is 31. The predicted molar refractivity (Wildman–Crippen MR) is 474 cm³/mol. The minimum absolute atomic E-state index is 0. The Kier molecular flexibility index (Phi) is 59.2. The molecule has 7 aromatic rings. The van der Waals surface area contributed by atoms with Gasteiger partial charge in [-0.05, 0) is 203 Å². The van der Waals surface area contributed by atoms with E-state index >= 15 is 0 Å². The van der Waals surface area contributed by atoms with Crippen molar-refractivity contribution in [3.63, 3.8) is 0 Å². The smallest absolute Gasteiger partial charge is 1.00 e. The van der Waals surface area contributed by atoms with Crippen molar-refractivity contribution in [1.82, 2.24) is 10.2 Å². The second kappa shape index (κ2) is 62.2. The summed E-state index contributed by atoms with van der Waals surface area (Å²) in [6.45, 7) is 10.6. The van der Waals surface area contributed by atoms with E-state index in [1.807, 2.05) is 42.5 Å². The number of halogens is 8. The monoisotopic (exact) mass is 1930 g/mol. The van der Waals surface area contributed by atoms with Gasteiger partial charge < -0.3 is 113 Å². The van der Waals surface area contributed by atoms with Crippen LogP contribution in [0.4, 0.5) is 0 Å². The van der Waals surface area contributed by atoms with Gasteiger partial charge in [-0.3, -0.25) is 28.7 Å². The van der Waals surface area contributed by atoms with Gasteiger partial charge in [0.1, 0.15) is 18.1 Å². The van der Waals surface area contributed by atoms with Gasteiger partial charge in [-0.25, -0.2) is 13.8 Å². The number of benzene rings is 7. The van der Waals surface area contributed by atoms with E-state index in [0.29, 0.717) is 117 Å². The van der Waals surface area contributed by atoms with Gasteiger partial charge in [0.15, 0.2) is 86.5 Å². The Morgan fingerprint density at radius 2 is 0.837 bits per heavy atom. The normalized spacial score (nSPS) is 12.6. The van der Waals surface area contributed by atoms with Gasteiger partial charge in [0.25, 0.3) is 11.1 Å². The maximum atomic E-state index is 12.6. The summed E-state index contributed by atoms with van der Waals surface area (Å²) < 4.78 is 111. The van der Waals surface area contributed by atoms with Crippen LogP contribution in [-0.2, 0) is 77.6 Å². The number of nitrogens with zero attached hydrogens (tertiary/aromatic N) is 2.